The SMILES string of the molecule is CCCCCC/C=C\C/C=C\CCCCCCCCCC(=O)OCCCCCCCCCCC/C=C\CCCCCCCC(=O)NC(CO)C(O)/C=C/CCCCCCCCCCCCCCC. The van der Waals surface area contributed by atoms with Gasteiger partial charge in [0.2, 0.25) is 5.91 Å². The van der Waals surface area contributed by atoms with Crippen LogP contribution < -0.4 is 5.32 Å². The summed E-state index contributed by atoms with van der Waals surface area (Å²) in [6, 6.07) is -0.639. The molecule has 2 atom stereocenters. The fourth-order valence-corrected chi connectivity index (χ4v) is 8.95. The van der Waals surface area contributed by atoms with Crippen molar-refractivity contribution < 1.29 is 24.5 Å². The number of allylic oxidation sites excluding steroid dienone is 7. The maximum absolute atomic E-state index is 12.5. The first-order valence-corrected chi connectivity index (χ1v) is 29.9. The molecular formula is C62H115NO5. The number of hydrogen-bond acceptors (Lipinski definition) is 5. The van der Waals surface area contributed by atoms with E-state index in [1.165, 1.54) is 212 Å². The van der Waals surface area contributed by atoms with E-state index in [-0.39, 0.29) is 18.5 Å². The monoisotopic (exact) mass is 954 g/mol. The molecule has 0 radical (unpaired) electrons. The number of carbonyl (C=O) groups is 2. The molecule has 0 aliphatic carbocycles. The molecule has 0 aliphatic rings. The highest BCUT2D eigenvalue weighted by atomic mass is 16.5. The van der Waals surface area contributed by atoms with Gasteiger partial charge in [0, 0.05) is 12.8 Å². The van der Waals surface area contributed by atoms with E-state index in [0.717, 1.165) is 70.6 Å². The molecule has 398 valence electrons. The van der Waals surface area contributed by atoms with Crippen molar-refractivity contribution in [1.29, 1.82) is 0 Å². The van der Waals surface area contributed by atoms with Crippen LogP contribution in [0.3, 0.4) is 0 Å². The molecule has 1 amide bonds. The van der Waals surface area contributed by atoms with E-state index in [0.29, 0.717) is 19.4 Å². The highest BCUT2D eigenvalue weighted by molar-refractivity contribution is 5.76. The summed E-state index contributed by atoms with van der Waals surface area (Å²) in [5.41, 5.74) is 0. The second-order valence-electron chi connectivity index (χ2n) is 20.3. The summed E-state index contributed by atoms with van der Waals surface area (Å²) in [6.07, 6.45) is 72.7. The van der Waals surface area contributed by atoms with E-state index in [1.807, 2.05) is 6.08 Å². The average molecular weight is 955 g/mol. The van der Waals surface area contributed by atoms with Gasteiger partial charge >= 0.3 is 5.97 Å². The van der Waals surface area contributed by atoms with Crippen LogP contribution in [0.5, 0.6) is 0 Å². The van der Waals surface area contributed by atoms with Crippen LogP contribution in [0.1, 0.15) is 309 Å². The summed E-state index contributed by atoms with van der Waals surface area (Å²) in [5.74, 6) is -0.0880. The van der Waals surface area contributed by atoms with E-state index in [9.17, 15) is 19.8 Å². The molecule has 6 nitrogen and oxygen atoms in total. The van der Waals surface area contributed by atoms with E-state index in [1.54, 1.807) is 6.08 Å². The lowest BCUT2D eigenvalue weighted by Crippen LogP contribution is -2.45. The van der Waals surface area contributed by atoms with Crippen LogP contribution in [0.4, 0.5) is 0 Å². The normalized spacial score (nSPS) is 12.9. The summed E-state index contributed by atoms with van der Waals surface area (Å²) in [6.45, 7) is 4.87. The predicted octanol–water partition coefficient (Wildman–Crippen LogP) is 18.6. The minimum atomic E-state index is -0.854. The first-order valence-electron chi connectivity index (χ1n) is 29.9. The van der Waals surface area contributed by atoms with Gasteiger partial charge in [0.25, 0.3) is 0 Å². The molecule has 0 bridgehead atoms. The molecule has 0 fully saturated rings. The van der Waals surface area contributed by atoms with Crippen molar-refractivity contribution in [1.82, 2.24) is 5.32 Å². The molecular weight excluding hydrogens is 839 g/mol. The molecule has 0 saturated heterocycles. The van der Waals surface area contributed by atoms with Crippen molar-refractivity contribution in [3.8, 4) is 0 Å². The standard InChI is InChI=1S/C62H115NO5/c1-3-5-7-9-11-13-15-17-19-20-24-28-32-36-40-44-48-52-56-62(67)68-57-53-49-45-41-37-33-29-25-22-21-23-27-31-35-39-43-47-51-55-61(66)63-59(58-64)60(65)54-50-46-42-38-34-30-26-18-16-14-12-10-8-6-4-2/h13,15,19-20,23,27,50,54,59-60,64-65H,3-12,14,16-18,21-22,24-26,28-49,51-53,55-58H2,1-2H3,(H,63,66)/b15-13-,20-19-,27-23-,54-50+. The summed E-state index contributed by atoms with van der Waals surface area (Å²) in [7, 11) is 0. The first kappa shape index (κ1) is 65.8. The van der Waals surface area contributed by atoms with Crippen LogP contribution in [-0.2, 0) is 14.3 Å². The molecule has 0 aromatic heterocycles. The number of amides is 1. The molecule has 0 aromatic rings. The minimum Gasteiger partial charge on any atom is -0.466 e. The topological polar surface area (TPSA) is 95.9 Å². The van der Waals surface area contributed by atoms with Crippen LogP contribution in [0.15, 0.2) is 48.6 Å². The largest absolute Gasteiger partial charge is 0.466 e. The van der Waals surface area contributed by atoms with Crippen molar-refractivity contribution in [2.24, 2.45) is 0 Å². The Bertz CT molecular complexity index is 1150. The van der Waals surface area contributed by atoms with Gasteiger partial charge < -0.3 is 20.3 Å². The Morgan fingerprint density at radius 3 is 1.15 bits per heavy atom. The first-order chi connectivity index (χ1) is 33.5. The summed E-state index contributed by atoms with van der Waals surface area (Å²) in [4.78, 5) is 24.5. The lowest BCUT2D eigenvalue weighted by atomic mass is 10.0. The van der Waals surface area contributed by atoms with Gasteiger partial charge in [0.1, 0.15) is 0 Å². The van der Waals surface area contributed by atoms with Crippen molar-refractivity contribution >= 4 is 11.9 Å². The average Bonchev–Trinajstić information content (AvgIpc) is 3.34. The third-order valence-electron chi connectivity index (χ3n) is 13.6. The van der Waals surface area contributed by atoms with Gasteiger partial charge in [-0.3, -0.25) is 9.59 Å². The summed E-state index contributed by atoms with van der Waals surface area (Å²) < 4.78 is 5.48. The number of hydrogen-bond donors (Lipinski definition) is 3. The van der Waals surface area contributed by atoms with Crippen LogP contribution in [0, 0.1) is 0 Å². The fraction of sp³-hybridized carbons (Fsp3) is 0.839. The quantitative estimate of drug-likeness (QED) is 0.0321. The number of rotatable bonds is 55. The van der Waals surface area contributed by atoms with E-state index in [2.05, 4.69) is 55.6 Å². The zero-order chi connectivity index (χ0) is 49.3. The lowest BCUT2D eigenvalue weighted by Gasteiger charge is -2.20. The Morgan fingerprint density at radius 2 is 0.735 bits per heavy atom. The Hall–Kier alpha value is -2.18. The number of unbranched alkanes of at least 4 members (excludes halogenated alkanes) is 38. The highest BCUT2D eigenvalue weighted by Crippen LogP contribution is 2.16. The number of esters is 1. The molecule has 3 N–H and O–H groups in total. The van der Waals surface area contributed by atoms with E-state index in [4.69, 9.17) is 4.74 Å². The van der Waals surface area contributed by atoms with E-state index >= 15 is 0 Å². The third-order valence-corrected chi connectivity index (χ3v) is 13.6. The fourth-order valence-electron chi connectivity index (χ4n) is 8.95. The Morgan fingerprint density at radius 1 is 0.412 bits per heavy atom. The van der Waals surface area contributed by atoms with Crippen LogP contribution in [0.25, 0.3) is 0 Å². The highest BCUT2D eigenvalue weighted by Gasteiger charge is 2.18. The molecule has 6 heteroatoms. The zero-order valence-corrected chi connectivity index (χ0v) is 45.3. The Labute approximate surface area is 423 Å². The molecule has 0 spiro atoms. The van der Waals surface area contributed by atoms with Gasteiger partial charge in [-0.05, 0) is 89.9 Å². The molecule has 0 aliphatic heterocycles. The van der Waals surface area contributed by atoms with Gasteiger partial charge in [-0.2, -0.15) is 0 Å². The summed E-state index contributed by atoms with van der Waals surface area (Å²) in [5, 5.41) is 23.1. The van der Waals surface area contributed by atoms with Crippen LogP contribution in [0.2, 0.25) is 0 Å². The summed E-state index contributed by atoms with van der Waals surface area (Å²) >= 11 is 0. The maximum atomic E-state index is 12.5. The number of aliphatic hydroxyl groups excluding tert-OH is 2. The molecule has 68 heavy (non-hydrogen) atoms. The Kier molecular flexibility index (Phi) is 55.6. The number of carbonyl (C=O) groups excluding carboxylic acids is 2. The smallest absolute Gasteiger partial charge is 0.305 e. The minimum absolute atomic E-state index is 0.00559. The molecule has 0 saturated carbocycles. The maximum Gasteiger partial charge on any atom is 0.305 e. The second-order valence-corrected chi connectivity index (χ2v) is 20.3. The van der Waals surface area contributed by atoms with Gasteiger partial charge in [0.15, 0.2) is 0 Å². The van der Waals surface area contributed by atoms with Crippen LogP contribution in [-0.4, -0.2) is 47.4 Å². The zero-order valence-electron chi connectivity index (χ0n) is 45.3. The van der Waals surface area contributed by atoms with E-state index < -0.39 is 12.1 Å². The van der Waals surface area contributed by atoms with Gasteiger partial charge in [-0.25, -0.2) is 0 Å². The Balaban J connectivity index is 3.47. The number of nitrogens with one attached hydrogen (secondary N) is 1. The molecule has 2 unspecified atom stereocenters. The van der Waals surface area contributed by atoms with Gasteiger partial charge in [-0.1, -0.05) is 255 Å². The number of aliphatic hydroxyl groups is 2. The predicted molar refractivity (Wildman–Crippen MR) is 296 cm³/mol. The van der Waals surface area contributed by atoms with Crippen molar-refractivity contribution in [2.45, 2.75) is 321 Å². The van der Waals surface area contributed by atoms with Crippen molar-refractivity contribution in [3.05, 3.63) is 48.6 Å². The molecule has 0 aromatic carbocycles. The second kappa shape index (κ2) is 57.4. The molecule has 0 heterocycles. The van der Waals surface area contributed by atoms with Gasteiger partial charge in [-0.15, -0.1) is 0 Å². The van der Waals surface area contributed by atoms with Crippen molar-refractivity contribution in [2.75, 3.05) is 13.2 Å². The number of ether oxygens (including phenoxy) is 1. The van der Waals surface area contributed by atoms with Gasteiger partial charge in [0.05, 0.1) is 25.4 Å². The third kappa shape index (κ3) is 53.2. The van der Waals surface area contributed by atoms with Crippen molar-refractivity contribution in [3.63, 3.8) is 0 Å². The van der Waals surface area contributed by atoms with Crippen LogP contribution >= 0.6 is 0 Å². The lowest BCUT2D eigenvalue weighted by molar-refractivity contribution is -0.143. The molecule has 0 rings (SSSR count).